The number of carbonyl (C=O) groups excluding carboxylic acids is 3. The predicted octanol–water partition coefficient (Wildman–Crippen LogP) is 8.85. The molecular weight excluding hydrogens is 763 g/mol. The third kappa shape index (κ3) is 6.00. The number of nitrogens with zero attached hydrogens (tertiary/aromatic N) is 3. The first kappa shape index (κ1) is 38.9. The number of aliphatic hydroxyl groups excluding tert-OH is 1. The van der Waals surface area contributed by atoms with Crippen molar-refractivity contribution in [1.82, 2.24) is 4.90 Å². The second kappa shape index (κ2) is 14.7. The number of benzene rings is 6. The first-order valence-electron chi connectivity index (χ1n) is 21.2. The van der Waals surface area contributed by atoms with Crippen LogP contribution in [0.4, 0.5) is 17.1 Å². The van der Waals surface area contributed by atoms with Crippen LogP contribution in [0.5, 0.6) is 5.75 Å². The zero-order valence-corrected chi connectivity index (χ0v) is 34.9. The van der Waals surface area contributed by atoms with Crippen LogP contribution >= 0.6 is 0 Å². The Hall–Kier alpha value is -6.29. The number of carbonyl (C=O) groups is 3. The van der Waals surface area contributed by atoms with E-state index >= 15 is 4.79 Å². The molecule has 6 aromatic carbocycles. The highest BCUT2D eigenvalue weighted by Crippen LogP contribution is 2.60. The van der Waals surface area contributed by atoms with Gasteiger partial charge in [-0.25, -0.2) is 0 Å². The number of amides is 3. The molecule has 1 N–H and O–H groups in total. The van der Waals surface area contributed by atoms with Gasteiger partial charge in [0, 0.05) is 35.0 Å². The lowest BCUT2D eigenvalue weighted by Gasteiger charge is -2.40. The highest BCUT2D eigenvalue weighted by Gasteiger charge is 2.66. The van der Waals surface area contributed by atoms with Crippen LogP contribution in [0, 0.1) is 11.8 Å². The maximum atomic E-state index is 15.4. The van der Waals surface area contributed by atoms with Gasteiger partial charge in [0.25, 0.3) is 11.8 Å². The zero-order valence-electron chi connectivity index (χ0n) is 34.9. The van der Waals surface area contributed by atoms with Gasteiger partial charge in [-0.05, 0) is 81.9 Å². The molecule has 0 radical (unpaired) electrons. The molecule has 4 heterocycles. The minimum atomic E-state index is -1.35. The lowest BCUT2D eigenvalue weighted by atomic mass is 9.63. The summed E-state index contributed by atoms with van der Waals surface area (Å²) in [5.74, 6) is -0.189. The zero-order chi connectivity index (χ0) is 42.2. The Bertz CT molecular complexity index is 2710. The van der Waals surface area contributed by atoms with Crippen molar-refractivity contribution in [2.45, 2.75) is 69.9 Å². The highest BCUT2D eigenvalue weighted by atomic mass is 16.5. The minimum Gasteiger partial charge on any atom is -0.497 e. The Morgan fingerprint density at radius 2 is 1.52 bits per heavy atom. The van der Waals surface area contributed by atoms with Crippen LogP contribution in [-0.2, 0) is 44.9 Å². The summed E-state index contributed by atoms with van der Waals surface area (Å²) in [6.07, 6.45) is 0.00268. The average Bonchev–Trinajstić information content (AvgIpc) is 3.84. The van der Waals surface area contributed by atoms with Crippen LogP contribution in [0.25, 0.3) is 10.8 Å². The summed E-state index contributed by atoms with van der Waals surface area (Å²) in [5, 5.41) is 12.5. The molecule has 0 bridgehead atoms. The van der Waals surface area contributed by atoms with Gasteiger partial charge in [-0.15, -0.1) is 0 Å². The van der Waals surface area contributed by atoms with E-state index in [2.05, 4.69) is 39.0 Å². The molecule has 1 fully saturated rings. The van der Waals surface area contributed by atoms with E-state index in [-0.39, 0.29) is 48.6 Å². The van der Waals surface area contributed by atoms with Crippen LogP contribution in [0.3, 0.4) is 0 Å². The van der Waals surface area contributed by atoms with E-state index in [9.17, 15) is 14.7 Å². The summed E-state index contributed by atoms with van der Waals surface area (Å²) in [4.78, 5) is 49.1. The second-order valence-electron chi connectivity index (χ2n) is 17.6. The van der Waals surface area contributed by atoms with Crippen molar-refractivity contribution in [2.75, 3.05) is 23.5 Å². The molecule has 4 aliphatic heterocycles. The monoisotopic (exact) mass is 811 g/mol. The summed E-state index contributed by atoms with van der Waals surface area (Å²) in [7, 11) is 1.65. The first-order valence-corrected chi connectivity index (χ1v) is 21.2. The number of ether oxygens (including phenoxy) is 2. The van der Waals surface area contributed by atoms with Crippen molar-refractivity contribution in [3.8, 4) is 5.75 Å². The van der Waals surface area contributed by atoms with E-state index in [1.54, 1.807) is 16.9 Å². The summed E-state index contributed by atoms with van der Waals surface area (Å²) < 4.78 is 12.8. The lowest BCUT2D eigenvalue weighted by Crippen LogP contribution is -2.48. The van der Waals surface area contributed by atoms with E-state index in [0.717, 1.165) is 61.4 Å². The Labute approximate surface area is 356 Å². The standard InChI is InChI=1S/C52H49N3O6/c1-32-48(51(2,3)37-21-25-40(60-4)26-22-37)45(28-46(57)53-30-36-12-6-5-11-35(36)27-39(53)31-56)61-52(32)42-16-7-8-17-43(42)54(50(52)59)29-33-19-23-38(24-20-33)55-44-18-10-14-34-13-9-15-41(47(34)44)49(55)58/h5-26,32,39,45,48,56H,27-31H2,1-4H3/t32-,39+,45+,48-,52+/m1/s1. The third-order valence-corrected chi connectivity index (χ3v) is 14.1. The van der Waals surface area contributed by atoms with Gasteiger partial charge < -0.3 is 24.4 Å². The summed E-state index contributed by atoms with van der Waals surface area (Å²) in [6, 6.07) is 43.3. The molecule has 4 aliphatic rings. The summed E-state index contributed by atoms with van der Waals surface area (Å²) in [5.41, 5.74) is 6.16. The molecule has 10 rings (SSSR count). The Kier molecular flexibility index (Phi) is 9.38. The van der Waals surface area contributed by atoms with Crippen molar-refractivity contribution < 1.29 is 29.0 Å². The molecule has 3 amide bonds. The fraction of sp³-hybridized carbons (Fsp3) is 0.288. The molecule has 308 valence electrons. The number of fused-ring (bicyclic) bond motifs is 3. The molecule has 0 aliphatic carbocycles. The molecule has 0 saturated carbocycles. The van der Waals surface area contributed by atoms with Crippen molar-refractivity contribution >= 4 is 45.6 Å². The number of para-hydroxylation sites is 1. The van der Waals surface area contributed by atoms with Gasteiger partial charge in [0.05, 0.1) is 55.8 Å². The molecule has 9 nitrogen and oxygen atoms in total. The number of rotatable bonds is 9. The van der Waals surface area contributed by atoms with Crippen molar-refractivity contribution in [3.05, 3.63) is 167 Å². The normalized spacial score (nSPS) is 22.9. The SMILES string of the molecule is COc1ccc(C(C)(C)[C@H]2[C@H](CC(=O)N3Cc4ccccc4C[C@H]3CO)O[C@@]3(C(=O)N(Cc4ccc(N5C(=O)c6cccc7cccc5c67)cc4)c4ccccc43)[C@@H]2C)cc1. The molecule has 0 unspecified atom stereocenters. The van der Waals surface area contributed by atoms with Gasteiger partial charge in [-0.1, -0.05) is 112 Å². The number of methoxy groups -OCH3 is 1. The van der Waals surface area contributed by atoms with Gasteiger partial charge in [0.1, 0.15) is 5.75 Å². The van der Waals surface area contributed by atoms with Gasteiger partial charge in [-0.2, -0.15) is 0 Å². The number of anilines is 3. The minimum absolute atomic E-state index is 0.0543. The number of hydrogen-bond acceptors (Lipinski definition) is 6. The van der Waals surface area contributed by atoms with Crippen LogP contribution in [0.1, 0.15) is 65.4 Å². The van der Waals surface area contributed by atoms with E-state index in [1.165, 1.54) is 0 Å². The maximum absolute atomic E-state index is 15.4. The fourth-order valence-corrected chi connectivity index (χ4v) is 11.1. The molecule has 1 spiro atoms. The largest absolute Gasteiger partial charge is 0.497 e. The molecular formula is C52H49N3O6. The van der Waals surface area contributed by atoms with Crippen molar-refractivity contribution in [3.63, 3.8) is 0 Å². The Morgan fingerprint density at radius 1 is 0.836 bits per heavy atom. The Balaban J connectivity index is 0.983. The first-order chi connectivity index (χ1) is 29.5. The Morgan fingerprint density at radius 3 is 2.26 bits per heavy atom. The van der Waals surface area contributed by atoms with Crippen LogP contribution in [-0.4, -0.2) is 53.6 Å². The number of hydrogen-bond donors (Lipinski definition) is 1. The molecule has 9 heteroatoms. The van der Waals surface area contributed by atoms with Gasteiger partial charge >= 0.3 is 0 Å². The average molecular weight is 812 g/mol. The molecule has 5 atom stereocenters. The highest BCUT2D eigenvalue weighted by molar-refractivity contribution is 6.27. The lowest BCUT2D eigenvalue weighted by molar-refractivity contribution is -0.151. The fourth-order valence-electron chi connectivity index (χ4n) is 11.1. The van der Waals surface area contributed by atoms with Gasteiger partial charge in [-0.3, -0.25) is 19.3 Å². The quantitative estimate of drug-likeness (QED) is 0.157. The van der Waals surface area contributed by atoms with Crippen LogP contribution in [0.2, 0.25) is 0 Å². The van der Waals surface area contributed by atoms with Crippen molar-refractivity contribution in [1.29, 1.82) is 0 Å². The van der Waals surface area contributed by atoms with E-state index in [1.807, 2.05) is 120 Å². The van der Waals surface area contributed by atoms with Gasteiger partial charge in [0.15, 0.2) is 5.60 Å². The molecule has 61 heavy (non-hydrogen) atoms. The topological polar surface area (TPSA) is 99.6 Å². The molecule has 0 aromatic heterocycles. The van der Waals surface area contributed by atoms with E-state index in [0.29, 0.717) is 25.1 Å². The maximum Gasteiger partial charge on any atom is 0.264 e. The van der Waals surface area contributed by atoms with Crippen molar-refractivity contribution in [2.24, 2.45) is 11.8 Å². The summed E-state index contributed by atoms with van der Waals surface area (Å²) >= 11 is 0. The van der Waals surface area contributed by atoms with Crippen LogP contribution < -0.4 is 14.5 Å². The van der Waals surface area contributed by atoms with E-state index < -0.39 is 17.1 Å². The predicted molar refractivity (Wildman–Crippen MR) is 236 cm³/mol. The third-order valence-electron chi connectivity index (χ3n) is 14.1. The smallest absolute Gasteiger partial charge is 0.264 e. The second-order valence-corrected chi connectivity index (χ2v) is 17.6. The summed E-state index contributed by atoms with van der Waals surface area (Å²) in [6.45, 7) is 7.01. The molecule has 6 aromatic rings. The van der Waals surface area contributed by atoms with Gasteiger partial charge in [0.2, 0.25) is 5.91 Å². The van der Waals surface area contributed by atoms with E-state index in [4.69, 9.17) is 9.47 Å². The van der Waals surface area contributed by atoms with Crippen LogP contribution in [0.15, 0.2) is 133 Å². The number of aliphatic hydroxyl groups is 1. The molecule has 1 saturated heterocycles.